The van der Waals surface area contributed by atoms with Crippen molar-refractivity contribution in [1.29, 1.82) is 0 Å². The minimum absolute atomic E-state index is 0. The topological polar surface area (TPSA) is 143 Å². The van der Waals surface area contributed by atoms with E-state index < -0.39 is 5.97 Å². The number of carbonyl (C=O) groups is 1. The molecule has 8 nitrogen and oxygen atoms in total. The third kappa shape index (κ3) is 44.9. The van der Waals surface area contributed by atoms with Crippen molar-refractivity contribution in [3.8, 4) is 0 Å². The molecule has 0 aromatic carbocycles. The Kier molecular flexibility index (Phi) is 93.2. The van der Waals surface area contributed by atoms with E-state index in [-0.39, 0.29) is 23.9 Å². The summed E-state index contributed by atoms with van der Waals surface area (Å²) in [5.41, 5.74) is 4.57. The minimum Gasteiger partial charge on any atom is 0 e. The van der Waals surface area contributed by atoms with Gasteiger partial charge in [0.25, 0.3) is 0 Å². The Morgan fingerprint density at radius 3 is 0.957 bits per heavy atom. The summed E-state index contributed by atoms with van der Waals surface area (Å²) < 4.78 is 31.3. The van der Waals surface area contributed by atoms with Crippen molar-refractivity contribution in [2.75, 3.05) is 32.7 Å². The fourth-order valence-electron chi connectivity index (χ4n) is 1.34. The molecule has 0 fully saturated rings. The van der Waals surface area contributed by atoms with E-state index >= 15 is 0 Å². The summed E-state index contributed by atoms with van der Waals surface area (Å²) in [4.78, 5) is 9.24. The van der Waals surface area contributed by atoms with E-state index in [1.807, 2.05) is 0 Å². The number of rotatable bonds is 5. The molecular formula is C14H25CrN2O6+. The SMILES string of the molecule is CC[N+](CC)(CC)CC.NCC(=O)O.[C-]#[O+].[C-]#[O+].[C-]#[O+].[C-]#[O+].[Cr]. The molecule has 0 aromatic rings. The quantitative estimate of drug-likeness (QED) is 0.419. The van der Waals surface area contributed by atoms with Crippen LogP contribution in [0.1, 0.15) is 27.7 Å². The molecule has 0 unspecified atom stereocenters. The van der Waals surface area contributed by atoms with Crippen molar-refractivity contribution in [3.05, 3.63) is 26.6 Å². The van der Waals surface area contributed by atoms with Crippen LogP contribution in [0.4, 0.5) is 0 Å². The van der Waals surface area contributed by atoms with E-state index in [0.717, 1.165) is 0 Å². The molecule has 0 rings (SSSR count). The van der Waals surface area contributed by atoms with E-state index in [1.165, 1.54) is 30.7 Å². The average molecular weight is 369 g/mol. The molecule has 0 heterocycles. The van der Waals surface area contributed by atoms with Gasteiger partial charge in [0.15, 0.2) is 0 Å². The molecule has 0 spiro atoms. The largest absolute Gasteiger partial charge is 0 e. The Morgan fingerprint density at radius 1 is 0.826 bits per heavy atom. The maximum Gasteiger partial charge on any atom is 0 e. The van der Waals surface area contributed by atoms with Crippen LogP contribution in [0.25, 0.3) is 0 Å². The monoisotopic (exact) mass is 369 g/mol. The van der Waals surface area contributed by atoms with Crippen molar-refractivity contribution < 1.29 is 50.4 Å². The van der Waals surface area contributed by atoms with Crippen molar-refractivity contribution in [1.82, 2.24) is 0 Å². The second-order valence-corrected chi connectivity index (χ2v) is 3.20. The first-order chi connectivity index (χ1) is 10.5. The van der Waals surface area contributed by atoms with Gasteiger partial charge >= 0.3 is 51.2 Å². The zero-order chi connectivity index (χ0) is 19.6. The van der Waals surface area contributed by atoms with Crippen molar-refractivity contribution in [2.45, 2.75) is 27.7 Å². The van der Waals surface area contributed by atoms with Crippen LogP contribution in [0, 0.1) is 26.6 Å². The second kappa shape index (κ2) is 49.7. The molecule has 0 atom stereocenters. The number of aliphatic carboxylic acids is 1. The number of carboxylic acid groups (broad SMARTS) is 1. The van der Waals surface area contributed by atoms with Gasteiger partial charge in [0.1, 0.15) is 0 Å². The Hall–Kier alpha value is -1.12. The molecule has 9 heteroatoms. The first-order valence-corrected chi connectivity index (χ1v) is 6.10. The maximum absolute atomic E-state index is 9.24. The standard InChI is InChI=1S/C8H20N.C2H5NO2.4CO.Cr/c1-5-9(6-2,7-3)8-4;3-1-2(4)5;4*1-2;/h5-8H2,1-4H3;1,3H2,(H,4,5);;;;;/q+1;;;;;;. The van der Waals surface area contributed by atoms with Gasteiger partial charge < -0.3 is 15.3 Å². The molecule has 132 valence electrons. The van der Waals surface area contributed by atoms with Gasteiger partial charge in [0.2, 0.25) is 0 Å². The third-order valence-corrected chi connectivity index (χ3v) is 2.86. The predicted molar refractivity (Wildman–Crippen MR) is 74.8 cm³/mol. The number of carboxylic acids is 1. The van der Waals surface area contributed by atoms with Gasteiger partial charge in [-0.25, -0.2) is 0 Å². The number of quaternary nitrogens is 1. The van der Waals surface area contributed by atoms with Crippen LogP contribution in [0.5, 0.6) is 0 Å². The summed E-state index contributed by atoms with van der Waals surface area (Å²) in [6.07, 6.45) is 0. The van der Waals surface area contributed by atoms with Gasteiger partial charge in [-0.15, -0.1) is 0 Å². The number of hydrogen-bond acceptors (Lipinski definition) is 2. The number of nitrogens with zero attached hydrogens (tertiary/aromatic N) is 1. The summed E-state index contributed by atoms with van der Waals surface area (Å²) in [6, 6.07) is 0. The first kappa shape index (κ1) is 43.1. The van der Waals surface area contributed by atoms with Crippen LogP contribution in [0.2, 0.25) is 0 Å². The van der Waals surface area contributed by atoms with E-state index in [4.69, 9.17) is 23.7 Å². The van der Waals surface area contributed by atoms with Crippen LogP contribution in [0.15, 0.2) is 0 Å². The fourth-order valence-corrected chi connectivity index (χ4v) is 1.34. The van der Waals surface area contributed by atoms with Gasteiger partial charge in [-0.3, -0.25) is 4.79 Å². The van der Waals surface area contributed by atoms with Gasteiger partial charge in [-0.05, 0) is 27.7 Å². The van der Waals surface area contributed by atoms with E-state index in [9.17, 15) is 4.79 Å². The molecule has 0 aliphatic carbocycles. The predicted octanol–water partition coefficient (Wildman–Crippen LogP) is 0.760. The molecule has 0 bridgehead atoms. The number of nitrogens with two attached hydrogens (primary N) is 1. The molecule has 0 saturated carbocycles. The van der Waals surface area contributed by atoms with Gasteiger partial charge in [-0.2, -0.15) is 0 Å². The van der Waals surface area contributed by atoms with Crippen LogP contribution in [-0.4, -0.2) is 48.3 Å². The van der Waals surface area contributed by atoms with Crippen molar-refractivity contribution in [3.63, 3.8) is 0 Å². The second-order valence-electron chi connectivity index (χ2n) is 3.20. The zero-order valence-corrected chi connectivity index (χ0v) is 15.2. The molecular weight excluding hydrogens is 344 g/mol. The smallest absolute Gasteiger partial charge is 0 e. The molecule has 23 heavy (non-hydrogen) atoms. The summed E-state index contributed by atoms with van der Waals surface area (Å²) in [6.45, 7) is 31.9. The summed E-state index contributed by atoms with van der Waals surface area (Å²) in [5.74, 6) is -0.968. The molecule has 0 radical (unpaired) electrons. The van der Waals surface area contributed by atoms with Crippen molar-refractivity contribution in [2.24, 2.45) is 5.73 Å². The molecule has 0 aliphatic heterocycles. The maximum atomic E-state index is 9.24. The van der Waals surface area contributed by atoms with Gasteiger partial charge in [0.05, 0.1) is 32.7 Å². The van der Waals surface area contributed by atoms with Crippen molar-refractivity contribution >= 4 is 5.97 Å². The van der Waals surface area contributed by atoms with E-state index in [0.29, 0.717) is 0 Å². The molecule has 0 saturated heterocycles. The summed E-state index contributed by atoms with van der Waals surface area (Å²) in [7, 11) is 0. The average Bonchev–Trinajstić information content (AvgIpc) is 2.65. The number of hydrogen-bond donors (Lipinski definition) is 2. The zero-order valence-electron chi connectivity index (χ0n) is 14.0. The van der Waals surface area contributed by atoms with Gasteiger partial charge in [0, 0.05) is 17.4 Å². The summed E-state index contributed by atoms with van der Waals surface area (Å²) in [5, 5.41) is 7.60. The molecule has 0 aliphatic rings. The first-order valence-electron chi connectivity index (χ1n) is 6.10. The Balaban J connectivity index is -0.0000000315. The van der Waals surface area contributed by atoms with E-state index in [2.05, 4.69) is 60.0 Å². The van der Waals surface area contributed by atoms with Crippen LogP contribution in [0.3, 0.4) is 0 Å². The van der Waals surface area contributed by atoms with Gasteiger partial charge in [-0.1, -0.05) is 0 Å². The molecule has 3 N–H and O–H groups in total. The van der Waals surface area contributed by atoms with E-state index in [1.54, 1.807) is 0 Å². The normalized spacial score (nSPS) is 6.65. The molecule has 0 amide bonds. The van der Waals surface area contributed by atoms with Crippen LogP contribution in [-0.2, 0) is 40.8 Å². The Labute approximate surface area is 149 Å². The molecule has 0 aromatic heterocycles. The third-order valence-electron chi connectivity index (χ3n) is 2.86. The van der Waals surface area contributed by atoms with Crippen LogP contribution >= 0.6 is 0 Å². The Morgan fingerprint density at radius 2 is 0.957 bits per heavy atom. The van der Waals surface area contributed by atoms with Crippen LogP contribution < -0.4 is 5.73 Å². The summed E-state index contributed by atoms with van der Waals surface area (Å²) >= 11 is 0. The fraction of sp³-hybridized carbons (Fsp3) is 0.643. The minimum atomic E-state index is -0.968. The Bertz CT molecular complexity index is 244.